The van der Waals surface area contributed by atoms with Gasteiger partial charge in [0.15, 0.2) is 0 Å². The van der Waals surface area contributed by atoms with Gasteiger partial charge in [-0.1, -0.05) is 15.9 Å². The van der Waals surface area contributed by atoms with Crippen molar-refractivity contribution in [2.45, 2.75) is 18.6 Å². The van der Waals surface area contributed by atoms with Gasteiger partial charge in [-0.3, -0.25) is 4.79 Å². The first-order valence-corrected chi connectivity index (χ1v) is 6.47. The Morgan fingerprint density at radius 3 is 2.43 bits per heavy atom. The van der Waals surface area contributed by atoms with Gasteiger partial charge in [0.2, 0.25) is 0 Å². The zero-order chi connectivity index (χ0) is 16.2. The van der Waals surface area contributed by atoms with Crippen molar-refractivity contribution in [1.82, 2.24) is 5.32 Å². The van der Waals surface area contributed by atoms with E-state index in [1.54, 1.807) is 0 Å². The summed E-state index contributed by atoms with van der Waals surface area (Å²) in [5.74, 6) is -2.35. The molecule has 0 fully saturated rings. The molecule has 0 saturated carbocycles. The third kappa shape index (κ3) is 4.71. The lowest BCUT2D eigenvalue weighted by Gasteiger charge is -2.15. The second-order valence-electron chi connectivity index (χ2n) is 4.07. The predicted octanol–water partition coefficient (Wildman–Crippen LogP) is 2.03. The van der Waals surface area contributed by atoms with Crippen molar-refractivity contribution in [3.63, 3.8) is 0 Å². The van der Waals surface area contributed by atoms with Gasteiger partial charge in [-0.25, -0.2) is 4.79 Å². The molecule has 0 unspecified atom stereocenters. The maximum absolute atomic E-state index is 12.7. The quantitative estimate of drug-likeness (QED) is 0.741. The summed E-state index contributed by atoms with van der Waals surface area (Å²) in [7, 11) is 0. The number of hydrogen-bond acceptors (Lipinski definition) is 3. The van der Waals surface area contributed by atoms with Gasteiger partial charge < -0.3 is 15.5 Å². The number of aliphatic hydroxyl groups excluding tert-OH is 1. The molecule has 0 aliphatic carbocycles. The number of carbonyl (C=O) groups excluding carboxylic acids is 1. The van der Waals surface area contributed by atoms with Crippen LogP contribution in [0.5, 0.6) is 0 Å². The van der Waals surface area contributed by atoms with Gasteiger partial charge in [0, 0.05) is 23.1 Å². The van der Waals surface area contributed by atoms with Gasteiger partial charge >= 0.3 is 12.1 Å². The van der Waals surface area contributed by atoms with Crippen LogP contribution in [0.3, 0.4) is 0 Å². The third-order valence-electron chi connectivity index (χ3n) is 2.56. The van der Waals surface area contributed by atoms with Crippen molar-refractivity contribution in [3.8, 4) is 0 Å². The lowest BCUT2D eigenvalue weighted by Crippen LogP contribution is -2.41. The summed E-state index contributed by atoms with van der Waals surface area (Å²) in [6.45, 7) is -0.481. The zero-order valence-electron chi connectivity index (χ0n) is 10.4. The molecule has 1 rings (SSSR count). The summed E-state index contributed by atoms with van der Waals surface area (Å²) < 4.78 is 37.9. The Labute approximate surface area is 125 Å². The third-order valence-corrected chi connectivity index (χ3v) is 3.25. The summed E-state index contributed by atoms with van der Waals surface area (Å²) in [4.78, 5) is 22.6. The smallest absolute Gasteiger partial charge is 0.417 e. The Morgan fingerprint density at radius 2 is 1.95 bits per heavy atom. The molecule has 5 nitrogen and oxygen atoms in total. The van der Waals surface area contributed by atoms with Crippen molar-refractivity contribution >= 4 is 27.8 Å². The van der Waals surface area contributed by atoms with Crippen molar-refractivity contribution in [1.29, 1.82) is 0 Å². The van der Waals surface area contributed by atoms with Crippen molar-refractivity contribution in [2.24, 2.45) is 0 Å². The Hall–Kier alpha value is -1.61. The Balaban J connectivity index is 3.00. The molecule has 0 spiro atoms. The molecule has 0 saturated heterocycles. The molecule has 1 aromatic rings. The highest BCUT2D eigenvalue weighted by Gasteiger charge is 2.33. The van der Waals surface area contributed by atoms with E-state index in [4.69, 9.17) is 10.2 Å². The van der Waals surface area contributed by atoms with E-state index in [1.807, 2.05) is 0 Å². The van der Waals surface area contributed by atoms with Crippen LogP contribution >= 0.6 is 15.9 Å². The number of carboxylic acid groups (broad SMARTS) is 1. The molecular formula is C12H11BrF3NO4. The maximum Gasteiger partial charge on any atom is 0.417 e. The number of halogens is 4. The first kappa shape index (κ1) is 17.4. The standard InChI is InChI=1S/C12H11BrF3NO4/c13-8-2-1-6(5-7(8)12(14,15)16)10(19)17-9(3-4-18)11(20)21/h1-2,5,9,18H,3-4H2,(H,17,19)(H,20,21)/t9-/m1/s1. The molecule has 0 heterocycles. The minimum Gasteiger partial charge on any atom is -0.480 e. The topological polar surface area (TPSA) is 86.6 Å². The Bertz CT molecular complexity index is 548. The van der Waals surface area contributed by atoms with Crippen LogP contribution in [0.2, 0.25) is 0 Å². The van der Waals surface area contributed by atoms with Gasteiger partial charge in [0.05, 0.1) is 5.56 Å². The van der Waals surface area contributed by atoms with Gasteiger partial charge in [-0.05, 0) is 18.2 Å². The average molecular weight is 370 g/mol. The normalized spacial score (nSPS) is 12.8. The van der Waals surface area contributed by atoms with Crippen LogP contribution in [-0.2, 0) is 11.0 Å². The molecule has 0 aliphatic heterocycles. The molecule has 3 N–H and O–H groups in total. The van der Waals surface area contributed by atoms with Crippen LogP contribution in [0.15, 0.2) is 22.7 Å². The Kier molecular flexibility index (Phi) is 5.73. The fraction of sp³-hybridized carbons (Fsp3) is 0.333. The molecule has 21 heavy (non-hydrogen) atoms. The van der Waals surface area contributed by atoms with Crippen LogP contribution in [0.25, 0.3) is 0 Å². The van der Waals surface area contributed by atoms with Gasteiger partial charge in [0.1, 0.15) is 6.04 Å². The molecule has 1 amide bonds. The SMILES string of the molecule is O=C(N[C@H](CCO)C(=O)O)c1ccc(Br)c(C(F)(F)F)c1. The number of nitrogens with one attached hydrogen (secondary N) is 1. The van der Waals surface area contributed by atoms with E-state index in [2.05, 4.69) is 21.2 Å². The first-order chi connectivity index (χ1) is 9.66. The number of amides is 1. The van der Waals surface area contributed by atoms with Crippen LogP contribution in [0, 0.1) is 0 Å². The first-order valence-electron chi connectivity index (χ1n) is 5.68. The van der Waals surface area contributed by atoms with Gasteiger partial charge in [-0.2, -0.15) is 13.2 Å². The largest absolute Gasteiger partial charge is 0.480 e. The molecule has 0 aliphatic rings. The van der Waals surface area contributed by atoms with Gasteiger partial charge in [0.25, 0.3) is 5.91 Å². The number of aliphatic hydroxyl groups is 1. The van der Waals surface area contributed by atoms with E-state index < -0.39 is 36.3 Å². The van der Waals surface area contributed by atoms with Crippen molar-refractivity contribution in [3.05, 3.63) is 33.8 Å². The second-order valence-corrected chi connectivity index (χ2v) is 4.92. The summed E-state index contributed by atoms with van der Waals surface area (Å²) in [6.07, 6.45) is -4.89. The number of benzene rings is 1. The molecule has 0 aromatic heterocycles. The molecule has 0 radical (unpaired) electrons. The minimum atomic E-state index is -4.65. The van der Waals surface area contributed by atoms with Crippen molar-refractivity contribution < 1.29 is 33.0 Å². The monoisotopic (exact) mass is 369 g/mol. The Morgan fingerprint density at radius 1 is 1.33 bits per heavy atom. The summed E-state index contributed by atoms with van der Waals surface area (Å²) in [6, 6.07) is 1.43. The van der Waals surface area contributed by atoms with Crippen LogP contribution in [-0.4, -0.2) is 34.7 Å². The highest BCUT2D eigenvalue weighted by atomic mass is 79.9. The van der Waals surface area contributed by atoms with E-state index in [1.165, 1.54) is 0 Å². The van der Waals surface area contributed by atoms with Crippen LogP contribution in [0.1, 0.15) is 22.3 Å². The molecular weight excluding hydrogens is 359 g/mol. The highest BCUT2D eigenvalue weighted by Crippen LogP contribution is 2.35. The average Bonchev–Trinajstić information content (AvgIpc) is 2.37. The molecule has 0 bridgehead atoms. The second kappa shape index (κ2) is 6.90. The molecule has 116 valence electrons. The fourth-order valence-electron chi connectivity index (χ4n) is 1.51. The molecule has 9 heteroatoms. The number of alkyl halides is 3. The van der Waals surface area contributed by atoms with Crippen LogP contribution in [0.4, 0.5) is 13.2 Å². The number of rotatable bonds is 5. The number of carboxylic acids is 1. The minimum absolute atomic E-state index is 0.225. The molecule has 1 atom stereocenters. The highest BCUT2D eigenvalue weighted by molar-refractivity contribution is 9.10. The van der Waals surface area contributed by atoms with E-state index >= 15 is 0 Å². The summed E-state index contributed by atoms with van der Waals surface area (Å²) >= 11 is 2.74. The lowest BCUT2D eigenvalue weighted by molar-refractivity contribution is -0.140. The van der Waals surface area contributed by atoms with Crippen molar-refractivity contribution in [2.75, 3.05) is 6.61 Å². The summed E-state index contributed by atoms with van der Waals surface area (Å²) in [5, 5.41) is 19.6. The van der Waals surface area contributed by atoms with Gasteiger partial charge in [-0.15, -0.1) is 0 Å². The van der Waals surface area contributed by atoms with E-state index in [-0.39, 0.29) is 16.5 Å². The zero-order valence-corrected chi connectivity index (χ0v) is 12.0. The fourth-order valence-corrected chi connectivity index (χ4v) is 1.98. The number of carbonyl (C=O) groups is 2. The predicted molar refractivity (Wildman–Crippen MR) is 69.7 cm³/mol. The lowest BCUT2D eigenvalue weighted by atomic mass is 10.1. The van der Waals surface area contributed by atoms with E-state index in [0.717, 1.165) is 12.1 Å². The summed E-state index contributed by atoms with van der Waals surface area (Å²) in [5.41, 5.74) is -1.36. The van der Waals surface area contributed by atoms with Crippen LogP contribution < -0.4 is 5.32 Å². The molecule has 1 aromatic carbocycles. The van der Waals surface area contributed by atoms with E-state index in [0.29, 0.717) is 6.07 Å². The number of aliphatic carboxylic acids is 1. The maximum atomic E-state index is 12.7. The van der Waals surface area contributed by atoms with E-state index in [9.17, 15) is 22.8 Å². The number of hydrogen-bond donors (Lipinski definition) is 3.